The predicted molar refractivity (Wildman–Crippen MR) is 87.4 cm³/mol. The zero-order chi connectivity index (χ0) is 14.4. The Hall–Kier alpha value is -2.07. The lowest BCUT2D eigenvalue weighted by Crippen LogP contribution is -2.24. The number of fused-ring (bicyclic) bond motifs is 2. The molecule has 3 aromatic rings. The van der Waals surface area contributed by atoms with E-state index in [-0.39, 0.29) is 6.10 Å². The van der Waals surface area contributed by atoms with Crippen molar-refractivity contribution in [2.24, 2.45) is 0 Å². The van der Waals surface area contributed by atoms with Gasteiger partial charge in [0.25, 0.3) is 0 Å². The van der Waals surface area contributed by atoms with E-state index < -0.39 is 0 Å². The molecule has 0 amide bonds. The number of nitrogens with one attached hydrogen (secondary N) is 1. The molecular weight excluding hydrogens is 280 g/mol. The molecule has 3 nitrogen and oxygen atoms in total. The lowest BCUT2D eigenvalue weighted by atomic mass is 10.1. The Morgan fingerprint density at radius 3 is 2.95 bits per heavy atom. The quantitative estimate of drug-likeness (QED) is 0.720. The van der Waals surface area contributed by atoms with E-state index in [4.69, 9.17) is 9.72 Å². The van der Waals surface area contributed by atoms with Gasteiger partial charge in [-0.2, -0.15) is 0 Å². The van der Waals surface area contributed by atoms with Crippen LogP contribution in [0.3, 0.4) is 0 Å². The maximum atomic E-state index is 6.22. The summed E-state index contributed by atoms with van der Waals surface area (Å²) in [5, 5.41) is 4.52. The highest BCUT2D eigenvalue weighted by Crippen LogP contribution is 2.39. The van der Waals surface area contributed by atoms with Gasteiger partial charge in [0, 0.05) is 0 Å². The van der Waals surface area contributed by atoms with E-state index in [0.717, 1.165) is 28.5 Å². The molecule has 1 aliphatic rings. The molecule has 0 radical (unpaired) electrons. The van der Waals surface area contributed by atoms with Crippen molar-refractivity contribution >= 4 is 27.2 Å². The lowest BCUT2D eigenvalue weighted by Gasteiger charge is -2.27. The molecule has 0 aliphatic carbocycles. The molecule has 1 unspecified atom stereocenters. The van der Waals surface area contributed by atoms with Gasteiger partial charge in [0.05, 0.1) is 22.4 Å². The predicted octanol–water partition coefficient (Wildman–Crippen LogP) is 4.46. The van der Waals surface area contributed by atoms with Crippen LogP contribution in [0.15, 0.2) is 36.4 Å². The smallest absolute Gasteiger partial charge is 0.167 e. The number of anilines is 1. The minimum absolute atomic E-state index is 0.0173. The van der Waals surface area contributed by atoms with E-state index in [2.05, 4.69) is 37.4 Å². The van der Waals surface area contributed by atoms with Gasteiger partial charge >= 0.3 is 0 Å². The summed E-state index contributed by atoms with van der Waals surface area (Å²) < 4.78 is 7.43. The number of hydrogen-bond donors (Lipinski definition) is 1. The number of aromatic nitrogens is 1. The Bertz CT molecular complexity index is 792. The molecule has 1 N–H and O–H groups in total. The van der Waals surface area contributed by atoms with E-state index >= 15 is 0 Å². The van der Waals surface area contributed by atoms with Crippen LogP contribution in [0.5, 0.6) is 5.75 Å². The van der Waals surface area contributed by atoms with Crippen LogP contribution in [0, 0.1) is 13.8 Å². The van der Waals surface area contributed by atoms with Gasteiger partial charge in [-0.05, 0) is 43.2 Å². The fourth-order valence-corrected chi connectivity index (χ4v) is 3.79. The molecule has 21 heavy (non-hydrogen) atoms. The Labute approximate surface area is 127 Å². The van der Waals surface area contributed by atoms with Gasteiger partial charge in [-0.15, -0.1) is 11.3 Å². The van der Waals surface area contributed by atoms with Gasteiger partial charge in [0.2, 0.25) is 0 Å². The fraction of sp³-hybridized carbons (Fsp3) is 0.235. The molecule has 4 heteroatoms. The van der Waals surface area contributed by atoms with Crippen LogP contribution >= 0.6 is 11.3 Å². The molecule has 1 atom stereocenters. The third-order valence-electron chi connectivity index (χ3n) is 3.74. The van der Waals surface area contributed by atoms with Crippen molar-refractivity contribution in [2.75, 3.05) is 11.9 Å². The highest BCUT2D eigenvalue weighted by molar-refractivity contribution is 7.18. The summed E-state index contributed by atoms with van der Waals surface area (Å²) in [4.78, 5) is 4.71. The van der Waals surface area contributed by atoms with Crippen molar-refractivity contribution in [3.63, 3.8) is 0 Å². The van der Waals surface area contributed by atoms with Crippen molar-refractivity contribution in [3.8, 4) is 5.75 Å². The first-order valence-electron chi connectivity index (χ1n) is 7.08. The third-order valence-corrected chi connectivity index (χ3v) is 4.87. The molecule has 1 aliphatic heterocycles. The third kappa shape index (κ3) is 2.16. The van der Waals surface area contributed by atoms with E-state index in [0.29, 0.717) is 0 Å². The molecule has 0 bridgehead atoms. The largest absolute Gasteiger partial charge is 0.479 e. The number of para-hydroxylation sites is 1. The van der Waals surface area contributed by atoms with Crippen LogP contribution in [0.4, 0.5) is 5.69 Å². The number of ether oxygens (including phenoxy) is 1. The van der Waals surface area contributed by atoms with Crippen molar-refractivity contribution < 1.29 is 4.74 Å². The first kappa shape index (κ1) is 12.7. The molecule has 1 aromatic heterocycles. The van der Waals surface area contributed by atoms with Gasteiger partial charge < -0.3 is 10.1 Å². The maximum absolute atomic E-state index is 6.22. The highest BCUT2D eigenvalue weighted by Gasteiger charge is 2.25. The molecule has 0 fully saturated rings. The van der Waals surface area contributed by atoms with Gasteiger partial charge in [-0.25, -0.2) is 4.98 Å². The van der Waals surface area contributed by atoms with Crippen molar-refractivity contribution in [1.29, 1.82) is 0 Å². The van der Waals surface area contributed by atoms with Gasteiger partial charge in [-0.1, -0.05) is 18.2 Å². The number of hydrogen-bond acceptors (Lipinski definition) is 4. The van der Waals surface area contributed by atoms with Crippen LogP contribution in [0.2, 0.25) is 0 Å². The second-order valence-electron chi connectivity index (χ2n) is 5.47. The summed E-state index contributed by atoms with van der Waals surface area (Å²) in [7, 11) is 0. The molecule has 0 spiro atoms. The monoisotopic (exact) mass is 296 g/mol. The fourth-order valence-electron chi connectivity index (χ4n) is 2.79. The molecule has 0 saturated heterocycles. The van der Waals surface area contributed by atoms with Crippen LogP contribution in [-0.2, 0) is 0 Å². The van der Waals surface area contributed by atoms with Gasteiger partial charge in [0.15, 0.2) is 6.10 Å². The second-order valence-corrected chi connectivity index (χ2v) is 6.53. The zero-order valence-corrected chi connectivity index (χ0v) is 12.8. The summed E-state index contributed by atoms with van der Waals surface area (Å²) in [5.74, 6) is 0.955. The molecule has 4 rings (SSSR count). The molecule has 106 valence electrons. The summed E-state index contributed by atoms with van der Waals surface area (Å²) in [6, 6.07) is 12.5. The molecule has 0 saturated carbocycles. The minimum atomic E-state index is -0.0173. The number of rotatable bonds is 1. The van der Waals surface area contributed by atoms with Crippen LogP contribution in [-0.4, -0.2) is 11.5 Å². The van der Waals surface area contributed by atoms with Crippen molar-refractivity contribution in [2.45, 2.75) is 20.0 Å². The Morgan fingerprint density at radius 1 is 1.24 bits per heavy atom. The second kappa shape index (κ2) is 4.74. The van der Waals surface area contributed by atoms with Gasteiger partial charge in [0.1, 0.15) is 10.8 Å². The SMILES string of the molecule is Cc1cc(C)c2c(c1)NCC(c1nc3ccccc3s1)O2. The lowest BCUT2D eigenvalue weighted by molar-refractivity contribution is 0.208. The standard InChI is InChI=1S/C17H16N2OS/c1-10-7-11(2)16-13(8-10)18-9-14(20-16)17-19-12-5-3-4-6-15(12)21-17/h3-8,14,18H,9H2,1-2H3. The number of aryl methyl sites for hydroxylation is 2. The Morgan fingerprint density at radius 2 is 2.10 bits per heavy atom. The van der Waals surface area contributed by atoms with E-state index in [1.807, 2.05) is 18.2 Å². The zero-order valence-electron chi connectivity index (χ0n) is 12.0. The van der Waals surface area contributed by atoms with Crippen LogP contribution in [0.1, 0.15) is 22.2 Å². The highest BCUT2D eigenvalue weighted by atomic mass is 32.1. The molecule has 2 aromatic carbocycles. The maximum Gasteiger partial charge on any atom is 0.167 e. The number of benzene rings is 2. The average molecular weight is 296 g/mol. The first-order valence-corrected chi connectivity index (χ1v) is 7.89. The minimum Gasteiger partial charge on any atom is -0.479 e. The Kier molecular flexibility index (Phi) is 2.86. The van der Waals surface area contributed by atoms with Crippen molar-refractivity contribution in [3.05, 3.63) is 52.5 Å². The van der Waals surface area contributed by atoms with E-state index in [1.165, 1.54) is 15.8 Å². The van der Waals surface area contributed by atoms with Gasteiger partial charge in [-0.3, -0.25) is 0 Å². The van der Waals surface area contributed by atoms with Crippen molar-refractivity contribution in [1.82, 2.24) is 4.98 Å². The Balaban J connectivity index is 1.71. The normalized spacial score (nSPS) is 17.1. The first-order chi connectivity index (χ1) is 10.2. The summed E-state index contributed by atoms with van der Waals surface area (Å²) in [5.41, 5.74) is 4.56. The number of thiazole rings is 1. The average Bonchev–Trinajstić information content (AvgIpc) is 2.90. The summed E-state index contributed by atoms with van der Waals surface area (Å²) in [6.07, 6.45) is -0.0173. The van der Waals surface area contributed by atoms with Crippen LogP contribution < -0.4 is 10.1 Å². The molecular formula is C17H16N2OS. The summed E-state index contributed by atoms with van der Waals surface area (Å²) >= 11 is 1.71. The number of nitrogens with zero attached hydrogens (tertiary/aromatic N) is 1. The van der Waals surface area contributed by atoms with E-state index in [9.17, 15) is 0 Å². The topological polar surface area (TPSA) is 34.2 Å². The van der Waals surface area contributed by atoms with E-state index in [1.54, 1.807) is 11.3 Å². The van der Waals surface area contributed by atoms with Crippen LogP contribution in [0.25, 0.3) is 10.2 Å². The summed E-state index contributed by atoms with van der Waals surface area (Å²) in [6.45, 7) is 4.96. The molecule has 2 heterocycles.